The second-order valence-corrected chi connectivity index (χ2v) is 8.76. The van der Waals surface area contributed by atoms with Crippen LogP contribution in [0.25, 0.3) is 0 Å². The molecule has 2 atom stereocenters. The maximum Gasteiger partial charge on any atom is 0.241 e. The third kappa shape index (κ3) is 3.48. The van der Waals surface area contributed by atoms with Crippen LogP contribution in [0.2, 0.25) is 0 Å². The molecule has 126 valence electrons. The molecule has 0 saturated heterocycles. The van der Waals surface area contributed by atoms with E-state index < -0.39 is 10.0 Å². The van der Waals surface area contributed by atoms with Gasteiger partial charge in [-0.15, -0.1) is 11.8 Å². The molecule has 0 fully saturated rings. The number of sulfonamides is 1. The second-order valence-electron chi connectivity index (χ2n) is 5.66. The van der Waals surface area contributed by atoms with Crippen molar-refractivity contribution in [2.45, 2.75) is 34.9 Å². The van der Waals surface area contributed by atoms with Gasteiger partial charge in [-0.3, -0.25) is 4.79 Å². The standard InChI is InChI=1S/C17H18N2O3S2/c1-11(13-6-4-3-5-7-13)19-24(21,22)14-8-9-15-16(10-14)23-12(2)17(20)18-15/h3-12,19H,1-2H3,(H,18,20). The molecule has 0 spiro atoms. The van der Waals surface area contributed by atoms with E-state index in [4.69, 9.17) is 0 Å². The Bertz CT molecular complexity index is 867. The van der Waals surface area contributed by atoms with Crippen molar-refractivity contribution in [1.82, 2.24) is 4.72 Å². The average Bonchev–Trinajstić information content (AvgIpc) is 2.56. The molecule has 0 aromatic heterocycles. The van der Waals surface area contributed by atoms with Crippen LogP contribution in [0.4, 0.5) is 5.69 Å². The predicted octanol–water partition coefficient (Wildman–Crippen LogP) is 3.16. The van der Waals surface area contributed by atoms with Gasteiger partial charge >= 0.3 is 0 Å². The quantitative estimate of drug-likeness (QED) is 0.876. The summed E-state index contributed by atoms with van der Waals surface area (Å²) in [7, 11) is -3.65. The molecule has 1 aliphatic heterocycles. The van der Waals surface area contributed by atoms with E-state index in [1.54, 1.807) is 19.1 Å². The van der Waals surface area contributed by atoms with Crippen LogP contribution < -0.4 is 10.0 Å². The smallest absolute Gasteiger partial charge is 0.241 e. The number of anilines is 1. The fraction of sp³-hybridized carbons (Fsp3) is 0.235. The number of rotatable bonds is 4. The summed E-state index contributed by atoms with van der Waals surface area (Å²) in [5.74, 6) is -0.0704. The maximum absolute atomic E-state index is 12.6. The Balaban J connectivity index is 1.85. The zero-order valence-corrected chi connectivity index (χ0v) is 14.9. The SMILES string of the molecule is CC1Sc2cc(S(=O)(=O)NC(C)c3ccccc3)ccc2NC1=O. The molecular formula is C17H18N2O3S2. The van der Waals surface area contributed by atoms with Crippen molar-refractivity contribution in [2.75, 3.05) is 5.32 Å². The van der Waals surface area contributed by atoms with E-state index in [0.717, 1.165) is 10.5 Å². The van der Waals surface area contributed by atoms with Gasteiger partial charge in [0.2, 0.25) is 15.9 Å². The van der Waals surface area contributed by atoms with Gasteiger partial charge in [0.25, 0.3) is 0 Å². The first-order chi connectivity index (χ1) is 11.4. The third-order valence-electron chi connectivity index (χ3n) is 3.83. The fourth-order valence-electron chi connectivity index (χ4n) is 2.46. The molecule has 0 radical (unpaired) electrons. The van der Waals surface area contributed by atoms with Crippen LogP contribution >= 0.6 is 11.8 Å². The van der Waals surface area contributed by atoms with Gasteiger partial charge in [-0.1, -0.05) is 30.3 Å². The third-order valence-corrected chi connectivity index (χ3v) is 6.52. The lowest BCUT2D eigenvalue weighted by molar-refractivity contribution is -0.115. The molecule has 1 heterocycles. The summed E-state index contributed by atoms with van der Waals surface area (Å²) in [5, 5.41) is 2.54. The molecular weight excluding hydrogens is 344 g/mol. The first-order valence-corrected chi connectivity index (χ1v) is 9.92. The molecule has 24 heavy (non-hydrogen) atoms. The minimum Gasteiger partial charge on any atom is -0.324 e. The zero-order chi connectivity index (χ0) is 17.3. The number of fused-ring (bicyclic) bond motifs is 1. The topological polar surface area (TPSA) is 75.3 Å². The monoisotopic (exact) mass is 362 g/mol. The van der Waals surface area contributed by atoms with Gasteiger partial charge < -0.3 is 5.32 Å². The number of carbonyl (C=O) groups is 1. The Labute approximate surface area is 145 Å². The highest BCUT2D eigenvalue weighted by molar-refractivity contribution is 8.01. The predicted molar refractivity (Wildman–Crippen MR) is 95.6 cm³/mol. The van der Waals surface area contributed by atoms with Crippen molar-refractivity contribution in [1.29, 1.82) is 0 Å². The van der Waals surface area contributed by atoms with Crippen molar-refractivity contribution in [3.8, 4) is 0 Å². The molecule has 2 N–H and O–H groups in total. The normalized spacial score (nSPS) is 18.6. The Morgan fingerprint density at radius 3 is 2.58 bits per heavy atom. The molecule has 3 rings (SSSR count). The van der Waals surface area contributed by atoms with E-state index in [2.05, 4.69) is 10.0 Å². The first kappa shape index (κ1) is 17.0. The number of carbonyl (C=O) groups excluding carboxylic acids is 1. The molecule has 0 bridgehead atoms. The molecule has 0 aliphatic carbocycles. The summed E-state index contributed by atoms with van der Waals surface area (Å²) in [6, 6.07) is 13.8. The van der Waals surface area contributed by atoms with Crippen LogP contribution in [0.15, 0.2) is 58.3 Å². The van der Waals surface area contributed by atoms with Crippen molar-refractivity contribution in [2.24, 2.45) is 0 Å². The average molecular weight is 362 g/mol. The van der Waals surface area contributed by atoms with Crippen LogP contribution in [-0.2, 0) is 14.8 Å². The minimum atomic E-state index is -3.65. The van der Waals surface area contributed by atoms with Gasteiger partial charge in [0.05, 0.1) is 15.8 Å². The second kappa shape index (κ2) is 6.58. The van der Waals surface area contributed by atoms with E-state index in [9.17, 15) is 13.2 Å². The Morgan fingerprint density at radius 1 is 1.17 bits per heavy atom. The highest BCUT2D eigenvalue weighted by Crippen LogP contribution is 2.37. The number of nitrogens with one attached hydrogen (secondary N) is 2. The van der Waals surface area contributed by atoms with Gasteiger partial charge in [-0.2, -0.15) is 0 Å². The van der Waals surface area contributed by atoms with Crippen molar-refractivity contribution >= 4 is 33.4 Å². The van der Waals surface area contributed by atoms with Gasteiger partial charge in [0, 0.05) is 10.9 Å². The van der Waals surface area contributed by atoms with Gasteiger partial charge in [0.15, 0.2) is 0 Å². The lowest BCUT2D eigenvalue weighted by Gasteiger charge is -2.22. The van der Waals surface area contributed by atoms with Crippen LogP contribution in [0.1, 0.15) is 25.5 Å². The van der Waals surface area contributed by atoms with Crippen LogP contribution in [0, 0.1) is 0 Å². The molecule has 2 aromatic carbocycles. The van der Waals surface area contributed by atoms with E-state index in [-0.39, 0.29) is 22.1 Å². The van der Waals surface area contributed by atoms with E-state index >= 15 is 0 Å². The van der Waals surface area contributed by atoms with E-state index in [0.29, 0.717) is 5.69 Å². The summed E-state index contributed by atoms with van der Waals surface area (Å²) < 4.78 is 28.0. The number of hydrogen-bond donors (Lipinski definition) is 2. The van der Waals surface area contributed by atoms with Crippen molar-refractivity contribution < 1.29 is 13.2 Å². The zero-order valence-electron chi connectivity index (χ0n) is 13.3. The van der Waals surface area contributed by atoms with Gasteiger partial charge in [-0.25, -0.2) is 13.1 Å². The van der Waals surface area contributed by atoms with Crippen LogP contribution in [0.3, 0.4) is 0 Å². The van der Waals surface area contributed by atoms with Crippen LogP contribution in [-0.4, -0.2) is 19.6 Å². The van der Waals surface area contributed by atoms with E-state index in [1.807, 2.05) is 37.3 Å². The van der Waals surface area contributed by atoms with E-state index in [1.165, 1.54) is 17.8 Å². The van der Waals surface area contributed by atoms with Gasteiger partial charge in [-0.05, 0) is 37.6 Å². The highest BCUT2D eigenvalue weighted by atomic mass is 32.2. The molecule has 7 heteroatoms. The first-order valence-electron chi connectivity index (χ1n) is 7.55. The summed E-state index contributed by atoms with van der Waals surface area (Å²) in [4.78, 5) is 12.6. The van der Waals surface area contributed by atoms with Crippen LogP contribution in [0.5, 0.6) is 0 Å². The number of hydrogen-bond acceptors (Lipinski definition) is 4. The Morgan fingerprint density at radius 2 is 1.88 bits per heavy atom. The summed E-state index contributed by atoms with van der Waals surface area (Å²) in [6.07, 6.45) is 0. The number of amides is 1. The largest absolute Gasteiger partial charge is 0.324 e. The fourth-order valence-corrected chi connectivity index (χ4v) is 4.78. The molecule has 5 nitrogen and oxygen atoms in total. The lowest BCUT2D eigenvalue weighted by atomic mass is 10.1. The van der Waals surface area contributed by atoms with Gasteiger partial charge in [0.1, 0.15) is 0 Å². The minimum absolute atomic E-state index is 0.0704. The Kier molecular flexibility index (Phi) is 4.67. The molecule has 0 saturated carbocycles. The van der Waals surface area contributed by atoms with Crippen molar-refractivity contribution in [3.63, 3.8) is 0 Å². The highest BCUT2D eigenvalue weighted by Gasteiger charge is 2.25. The Hall–Kier alpha value is -1.83. The summed E-state index contributed by atoms with van der Waals surface area (Å²) in [6.45, 7) is 3.60. The molecule has 2 aromatic rings. The number of thioether (sulfide) groups is 1. The maximum atomic E-state index is 12.6. The number of benzene rings is 2. The lowest BCUT2D eigenvalue weighted by Crippen LogP contribution is -2.28. The molecule has 1 aliphatic rings. The summed E-state index contributed by atoms with van der Waals surface area (Å²) >= 11 is 1.36. The molecule has 2 unspecified atom stereocenters. The molecule has 1 amide bonds. The summed E-state index contributed by atoms with van der Waals surface area (Å²) in [5.41, 5.74) is 1.55. The van der Waals surface area contributed by atoms with Crippen molar-refractivity contribution in [3.05, 3.63) is 54.1 Å².